The standard InChI is InChI=1S/C25H36ClN3O3/c1-25(27(2)24(31)32)17-29(16-22(25)18-8-10-20(26)11-9-18)23(30)19-12-14-28(15-13-19)21-6-4-3-5-7-21/h8-11,19,21-22H,3-7,12-17H2,1-2H3,(H,31,32)/t22-,25+/m1/s1. The van der Waals surface area contributed by atoms with Crippen molar-refractivity contribution in [3.05, 3.63) is 34.9 Å². The van der Waals surface area contributed by atoms with Gasteiger partial charge in [-0.2, -0.15) is 0 Å². The van der Waals surface area contributed by atoms with Gasteiger partial charge in [0.25, 0.3) is 0 Å². The van der Waals surface area contributed by atoms with Crippen molar-refractivity contribution in [2.45, 2.75) is 69.4 Å². The van der Waals surface area contributed by atoms with Crippen LogP contribution in [0.2, 0.25) is 5.02 Å². The summed E-state index contributed by atoms with van der Waals surface area (Å²) in [6.07, 6.45) is 7.46. The maximum atomic E-state index is 13.5. The number of amides is 2. The van der Waals surface area contributed by atoms with Crippen LogP contribution in [0.15, 0.2) is 24.3 Å². The molecule has 6 nitrogen and oxygen atoms in total. The molecule has 2 atom stereocenters. The van der Waals surface area contributed by atoms with Crippen LogP contribution >= 0.6 is 11.6 Å². The number of benzene rings is 1. The van der Waals surface area contributed by atoms with E-state index in [2.05, 4.69) is 4.90 Å². The molecule has 1 N–H and O–H groups in total. The van der Waals surface area contributed by atoms with E-state index in [0.29, 0.717) is 24.2 Å². The Kier molecular flexibility index (Phi) is 7.01. The third-order valence-electron chi connectivity index (χ3n) is 8.27. The summed E-state index contributed by atoms with van der Waals surface area (Å²) in [5.74, 6) is 0.139. The first-order valence-corrected chi connectivity index (χ1v) is 12.4. The average molecular weight is 462 g/mol. The Morgan fingerprint density at radius 2 is 1.69 bits per heavy atom. The second-order valence-electron chi connectivity index (χ2n) is 10.1. The van der Waals surface area contributed by atoms with Gasteiger partial charge in [-0.05, 0) is 63.4 Å². The van der Waals surface area contributed by atoms with Crippen LogP contribution in [0.3, 0.4) is 0 Å². The fourth-order valence-electron chi connectivity index (χ4n) is 6.08. The number of likely N-dealkylation sites (N-methyl/N-ethyl adjacent to an activating group) is 1. The molecule has 1 aliphatic carbocycles. The Bertz CT molecular complexity index is 818. The Hall–Kier alpha value is -1.79. The van der Waals surface area contributed by atoms with E-state index < -0.39 is 11.6 Å². The van der Waals surface area contributed by atoms with Gasteiger partial charge in [-0.15, -0.1) is 0 Å². The summed E-state index contributed by atoms with van der Waals surface area (Å²) in [4.78, 5) is 31.3. The van der Waals surface area contributed by atoms with Crippen molar-refractivity contribution in [3.63, 3.8) is 0 Å². The first-order chi connectivity index (χ1) is 15.3. The van der Waals surface area contributed by atoms with Gasteiger partial charge in [-0.25, -0.2) is 4.79 Å². The van der Waals surface area contributed by atoms with Crippen LogP contribution in [-0.2, 0) is 4.79 Å². The van der Waals surface area contributed by atoms with Crippen LogP contribution in [0, 0.1) is 5.92 Å². The number of carbonyl (C=O) groups excluding carboxylic acids is 1. The van der Waals surface area contributed by atoms with Crippen LogP contribution in [0.4, 0.5) is 4.79 Å². The van der Waals surface area contributed by atoms with Crippen molar-refractivity contribution >= 4 is 23.6 Å². The summed E-state index contributed by atoms with van der Waals surface area (Å²) in [6, 6.07) is 8.29. The highest BCUT2D eigenvalue weighted by Crippen LogP contribution is 2.41. The molecule has 0 bridgehead atoms. The first kappa shape index (κ1) is 23.4. The normalized spacial score (nSPS) is 28.1. The van der Waals surface area contributed by atoms with Crippen LogP contribution in [-0.4, -0.2) is 76.6 Å². The first-order valence-electron chi connectivity index (χ1n) is 12.0. The average Bonchev–Trinajstić information content (AvgIpc) is 3.17. The fraction of sp³-hybridized carbons (Fsp3) is 0.680. The maximum Gasteiger partial charge on any atom is 0.407 e. The molecule has 3 aliphatic rings. The number of nitrogens with zero attached hydrogens (tertiary/aromatic N) is 3. The molecule has 2 aliphatic heterocycles. The molecule has 7 heteroatoms. The molecule has 1 saturated carbocycles. The number of hydrogen-bond acceptors (Lipinski definition) is 3. The quantitative estimate of drug-likeness (QED) is 0.707. The van der Waals surface area contributed by atoms with Crippen molar-refractivity contribution in [2.24, 2.45) is 5.92 Å². The minimum absolute atomic E-state index is 0.0400. The molecule has 0 spiro atoms. The summed E-state index contributed by atoms with van der Waals surface area (Å²) in [6.45, 7) is 4.92. The van der Waals surface area contributed by atoms with E-state index in [0.717, 1.165) is 31.5 Å². The lowest BCUT2D eigenvalue weighted by Crippen LogP contribution is -2.52. The van der Waals surface area contributed by atoms with Gasteiger partial charge in [0.15, 0.2) is 0 Å². The minimum atomic E-state index is -0.971. The molecular weight excluding hydrogens is 426 g/mol. The molecule has 1 aromatic carbocycles. The summed E-state index contributed by atoms with van der Waals surface area (Å²) in [5, 5.41) is 10.4. The van der Waals surface area contributed by atoms with E-state index in [9.17, 15) is 14.7 Å². The molecule has 2 amide bonds. The van der Waals surface area contributed by atoms with Crippen molar-refractivity contribution in [1.82, 2.24) is 14.7 Å². The van der Waals surface area contributed by atoms with Crippen molar-refractivity contribution in [3.8, 4) is 0 Å². The Morgan fingerprint density at radius 3 is 2.28 bits per heavy atom. The SMILES string of the molecule is CN(C(=O)O)[C@@]1(C)CN(C(=O)C2CCN(C3CCCCC3)CC2)C[C@@H]1c1ccc(Cl)cc1. The number of hydrogen-bond donors (Lipinski definition) is 1. The number of carboxylic acid groups (broad SMARTS) is 1. The van der Waals surface area contributed by atoms with Gasteiger partial charge in [0.2, 0.25) is 5.91 Å². The number of likely N-dealkylation sites (tertiary alicyclic amines) is 2. The van der Waals surface area contributed by atoms with E-state index in [1.165, 1.54) is 37.0 Å². The van der Waals surface area contributed by atoms with Gasteiger partial charge in [0.05, 0.1) is 5.54 Å². The predicted molar refractivity (Wildman–Crippen MR) is 126 cm³/mol. The molecule has 2 heterocycles. The highest BCUT2D eigenvalue weighted by Gasteiger charge is 2.50. The number of carbonyl (C=O) groups is 2. The Labute approximate surface area is 196 Å². The summed E-state index contributed by atoms with van der Waals surface area (Å²) >= 11 is 6.08. The van der Waals surface area contributed by atoms with Gasteiger partial charge in [0, 0.05) is 43.0 Å². The fourth-order valence-corrected chi connectivity index (χ4v) is 6.21. The van der Waals surface area contributed by atoms with Crippen LogP contribution in [0.1, 0.15) is 63.4 Å². The predicted octanol–water partition coefficient (Wildman–Crippen LogP) is 4.68. The largest absolute Gasteiger partial charge is 0.465 e. The van der Waals surface area contributed by atoms with Crippen molar-refractivity contribution in [2.75, 3.05) is 33.2 Å². The highest BCUT2D eigenvalue weighted by atomic mass is 35.5. The number of halogens is 1. The lowest BCUT2D eigenvalue weighted by Gasteiger charge is -2.40. The second kappa shape index (κ2) is 9.60. The Balaban J connectivity index is 1.46. The van der Waals surface area contributed by atoms with Gasteiger partial charge >= 0.3 is 6.09 Å². The minimum Gasteiger partial charge on any atom is -0.465 e. The molecule has 1 aromatic rings. The number of rotatable bonds is 4. The third-order valence-corrected chi connectivity index (χ3v) is 8.52. The van der Waals surface area contributed by atoms with E-state index >= 15 is 0 Å². The molecule has 0 aromatic heterocycles. The summed E-state index contributed by atoms with van der Waals surface area (Å²) < 4.78 is 0. The zero-order chi connectivity index (χ0) is 22.9. The highest BCUT2D eigenvalue weighted by molar-refractivity contribution is 6.30. The maximum absolute atomic E-state index is 13.5. The van der Waals surface area contributed by atoms with E-state index in [1.54, 1.807) is 7.05 Å². The molecule has 176 valence electrons. The molecule has 2 saturated heterocycles. The van der Waals surface area contributed by atoms with E-state index in [-0.39, 0.29) is 17.7 Å². The molecule has 0 radical (unpaired) electrons. The van der Waals surface area contributed by atoms with Crippen LogP contribution in [0.5, 0.6) is 0 Å². The van der Waals surface area contributed by atoms with Crippen molar-refractivity contribution in [1.29, 1.82) is 0 Å². The molecule has 32 heavy (non-hydrogen) atoms. The third kappa shape index (κ3) is 4.62. The van der Waals surface area contributed by atoms with Gasteiger partial charge < -0.3 is 19.8 Å². The molecular formula is C25H36ClN3O3. The van der Waals surface area contributed by atoms with Gasteiger partial charge in [0.1, 0.15) is 0 Å². The second-order valence-corrected chi connectivity index (χ2v) is 10.6. The Morgan fingerprint density at radius 1 is 1.06 bits per heavy atom. The monoisotopic (exact) mass is 461 g/mol. The molecule has 3 fully saturated rings. The number of piperidine rings is 1. The molecule has 4 rings (SSSR count). The van der Waals surface area contributed by atoms with E-state index in [1.807, 2.05) is 36.1 Å². The van der Waals surface area contributed by atoms with Gasteiger partial charge in [-0.1, -0.05) is 43.0 Å². The van der Waals surface area contributed by atoms with Crippen molar-refractivity contribution < 1.29 is 14.7 Å². The lowest BCUT2D eigenvalue weighted by atomic mass is 9.82. The van der Waals surface area contributed by atoms with Crippen LogP contribution in [0.25, 0.3) is 0 Å². The zero-order valence-corrected chi connectivity index (χ0v) is 20.1. The topological polar surface area (TPSA) is 64.1 Å². The van der Waals surface area contributed by atoms with E-state index in [4.69, 9.17) is 11.6 Å². The molecule has 0 unspecified atom stereocenters. The van der Waals surface area contributed by atoms with Crippen LogP contribution < -0.4 is 0 Å². The van der Waals surface area contributed by atoms with Gasteiger partial charge in [-0.3, -0.25) is 4.79 Å². The lowest BCUT2D eigenvalue weighted by molar-refractivity contribution is -0.136. The smallest absolute Gasteiger partial charge is 0.407 e. The zero-order valence-electron chi connectivity index (χ0n) is 19.3. The summed E-state index contributed by atoms with van der Waals surface area (Å²) in [7, 11) is 1.61. The summed E-state index contributed by atoms with van der Waals surface area (Å²) in [5.41, 5.74) is 0.338.